The third kappa shape index (κ3) is 4.71. The SMILES string of the molecule is C=N/C(=C\C=C/C)c1c2c3c(cccc3n1-c1ccc(-c3ccc(-n4c5ccccc5c5ccccc54)cc3)cc1)-c1ccccc1-c1ccccc1-2. The van der Waals surface area contributed by atoms with Crippen molar-refractivity contribution in [3.05, 3.63) is 188 Å². The lowest BCUT2D eigenvalue weighted by Gasteiger charge is -2.16. The number of allylic oxidation sites excluding steroid dienone is 3. The van der Waals surface area contributed by atoms with Crippen molar-refractivity contribution in [2.45, 2.75) is 6.92 Å². The van der Waals surface area contributed by atoms with Gasteiger partial charge in [0.15, 0.2) is 0 Å². The number of hydrogen-bond donors (Lipinski definition) is 0. The zero-order chi connectivity index (χ0) is 35.5. The van der Waals surface area contributed by atoms with Crippen molar-refractivity contribution in [1.82, 2.24) is 9.13 Å². The molecule has 1 aliphatic rings. The van der Waals surface area contributed by atoms with Gasteiger partial charge in [0, 0.05) is 33.1 Å². The van der Waals surface area contributed by atoms with E-state index in [-0.39, 0.29) is 0 Å². The van der Waals surface area contributed by atoms with Crippen LogP contribution in [0.3, 0.4) is 0 Å². The molecule has 7 aromatic carbocycles. The molecule has 0 unspecified atom stereocenters. The highest BCUT2D eigenvalue weighted by Gasteiger charge is 2.29. The van der Waals surface area contributed by atoms with Gasteiger partial charge in [-0.2, -0.15) is 0 Å². The molecule has 0 amide bonds. The summed E-state index contributed by atoms with van der Waals surface area (Å²) in [6.45, 7) is 6.10. The summed E-state index contributed by atoms with van der Waals surface area (Å²) in [7, 11) is 0. The molecular formula is C50H35N3. The maximum atomic E-state index is 4.66. The molecule has 2 aromatic heterocycles. The van der Waals surface area contributed by atoms with Crippen LogP contribution in [0.5, 0.6) is 0 Å². The predicted octanol–water partition coefficient (Wildman–Crippen LogP) is 13.3. The number of aliphatic imine (C=N–C) groups is 1. The van der Waals surface area contributed by atoms with Crippen LogP contribution in [-0.4, -0.2) is 15.9 Å². The number of para-hydroxylation sites is 2. The van der Waals surface area contributed by atoms with Crippen molar-refractivity contribution >= 4 is 45.1 Å². The maximum Gasteiger partial charge on any atom is 0.0869 e. The summed E-state index contributed by atoms with van der Waals surface area (Å²) in [6, 6.07) is 59.3. The molecule has 0 atom stereocenters. The van der Waals surface area contributed by atoms with E-state index in [9.17, 15) is 0 Å². The Bertz CT molecular complexity index is 2900. The Morgan fingerprint density at radius 2 is 0.962 bits per heavy atom. The van der Waals surface area contributed by atoms with Gasteiger partial charge in [0.1, 0.15) is 0 Å². The van der Waals surface area contributed by atoms with Gasteiger partial charge >= 0.3 is 0 Å². The van der Waals surface area contributed by atoms with Gasteiger partial charge < -0.3 is 9.13 Å². The molecule has 10 rings (SSSR count). The molecule has 3 heteroatoms. The van der Waals surface area contributed by atoms with E-state index in [1.807, 2.05) is 19.1 Å². The first kappa shape index (κ1) is 30.8. The molecule has 0 saturated heterocycles. The van der Waals surface area contributed by atoms with Gasteiger partial charge in [-0.25, -0.2) is 0 Å². The fourth-order valence-corrected chi connectivity index (χ4v) is 8.43. The summed E-state index contributed by atoms with van der Waals surface area (Å²) in [5, 5.41) is 3.76. The van der Waals surface area contributed by atoms with Gasteiger partial charge in [-0.15, -0.1) is 0 Å². The van der Waals surface area contributed by atoms with Crippen LogP contribution in [0.2, 0.25) is 0 Å². The largest absolute Gasteiger partial charge is 0.309 e. The van der Waals surface area contributed by atoms with Crippen molar-refractivity contribution in [2.24, 2.45) is 4.99 Å². The molecule has 2 heterocycles. The summed E-state index contributed by atoms with van der Waals surface area (Å²) in [6.07, 6.45) is 6.15. The number of benzene rings is 7. The third-order valence-electron chi connectivity index (χ3n) is 10.7. The maximum absolute atomic E-state index is 4.66. The van der Waals surface area contributed by atoms with Crippen LogP contribution in [0.15, 0.2) is 187 Å². The monoisotopic (exact) mass is 677 g/mol. The van der Waals surface area contributed by atoms with Crippen LogP contribution in [0.1, 0.15) is 12.6 Å². The van der Waals surface area contributed by atoms with Gasteiger partial charge in [0.2, 0.25) is 0 Å². The highest BCUT2D eigenvalue weighted by Crippen LogP contribution is 2.52. The fraction of sp³-hybridized carbons (Fsp3) is 0.0200. The summed E-state index contributed by atoms with van der Waals surface area (Å²) in [5.74, 6) is 0. The van der Waals surface area contributed by atoms with Crippen LogP contribution in [0.4, 0.5) is 0 Å². The van der Waals surface area contributed by atoms with Gasteiger partial charge in [-0.05, 0) is 101 Å². The van der Waals surface area contributed by atoms with E-state index in [1.165, 1.54) is 66.1 Å². The molecule has 3 nitrogen and oxygen atoms in total. The van der Waals surface area contributed by atoms with E-state index < -0.39 is 0 Å². The minimum atomic E-state index is 0.825. The molecule has 53 heavy (non-hydrogen) atoms. The van der Waals surface area contributed by atoms with Gasteiger partial charge in [-0.1, -0.05) is 133 Å². The lowest BCUT2D eigenvalue weighted by atomic mass is 9.93. The summed E-state index contributed by atoms with van der Waals surface area (Å²) >= 11 is 0. The minimum absolute atomic E-state index is 0.825. The average molecular weight is 678 g/mol. The standard InChI is InChI=1S/C50H35N3/c1-3-4-21-44(51-2)50-49-43-19-8-7-16-39(43)37-14-5-6-15-38(37)42-20-13-24-47(48(42)49)53(50)36-31-27-34(28-32-36)33-25-29-35(30-26-33)52-45-22-11-9-17-40(45)41-18-10-12-23-46(41)52/h3-32H,2H2,1H3/b4-3-,44-21-. The lowest BCUT2D eigenvalue weighted by molar-refractivity contribution is 1.09. The van der Waals surface area contributed by atoms with Crippen molar-refractivity contribution in [1.29, 1.82) is 0 Å². The number of rotatable bonds is 6. The molecule has 250 valence electrons. The third-order valence-corrected chi connectivity index (χ3v) is 10.7. The summed E-state index contributed by atoms with van der Waals surface area (Å²) in [4.78, 5) is 4.66. The number of nitrogens with zero attached hydrogens (tertiary/aromatic N) is 3. The molecule has 0 fully saturated rings. The summed E-state index contributed by atoms with van der Waals surface area (Å²) < 4.78 is 4.73. The topological polar surface area (TPSA) is 22.2 Å². The van der Waals surface area contributed by atoms with Crippen molar-refractivity contribution in [2.75, 3.05) is 0 Å². The van der Waals surface area contributed by atoms with Gasteiger partial charge in [0.25, 0.3) is 0 Å². The van der Waals surface area contributed by atoms with E-state index in [4.69, 9.17) is 0 Å². The Kier molecular flexibility index (Phi) is 7.19. The zero-order valence-electron chi connectivity index (χ0n) is 29.4. The second-order valence-electron chi connectivity index (χ2n) is 13.5. The Labute approximate surface area is 308 Å². The molecule has 0 saturated carbocycles. The highest BCUT2D eigenvalue weighted by atomic mass is 15.0. The zero-order valence-corrected chi connectivity index (χ0v) is 29.4. The Hall–Kier alpha value is -6.97. The first-order valence-corrected chi connectivity index (χ1v) is 18.1. The van der Waals surface area contributed by atoms with Crippen LogP contribution in [0.25, 0.3) is 94.3 Å². The Morgan fingerprint density at radius 1 is 0.491 bits per heavy atom. The van der Waals surface area contributed by atoms with E-state index in [0.717, 1.165) is 33.8 Å². The number of fused-ring (bicyclic) bond motifs is 8. The first-order chi connectivity index (χ1) is 26.2. The normalized spacial score (nSPS) is 12.4. The molecule has 0 N–H and O–H groups in total. The quantitative estimate of drug-likeness (QED) is 0.123. The van der Waals surface area contributed by atoms with Crippen molar-refractivity contribution < 1.29 is 0 Å². The molecule has 0 spiro atoms. The van der Waals surface area contributed by atoms with Crippen molar-refractivity contribution in [3.63, 3.8) is 0 Å². The second-order valence-corrected chi connectivity index (χ2v) is 13.5. The van der Waals surface area contributed by atoms with Crippen LogP contribution in [-0.2, 0) is 0 Å². The number of aromatic nitrogens is 2. The van der Waals surface area contributed by atoms with E-state index >= 15 is 0 Å². The molecule has 1 aliphatic carbocycles. The summed E-state index contributed by atoms with van der Waals surface area (Å²) in [5.41, 5.74) is 17.2. The molecular weight excluding hydrogens is 643 g/mol. The van der Waals surface area contributed by atoms with E-state index in [1.54, 1.807) is 0 Å². The van der Waals surface area contributed by atoms with Crippen molar-refractivity contribution in [3.8, 4) is 55.9 Å². The smallest absolute Gasteiger partial charge is 0.0869 e. The highest BCUT2D eigenvalue weighted by molar-refractivity contribution is 6.16. The van der Waals surface area contributed by atoms with Crippen LogP contribution in [0, 0.1) is 0 Å². The second kappa shape index (κ2) is 12.4. The van der Waals surface area contributed by atoms with Crippen LogP contribution >= 0.6 is 0 Å². The average Bonchev–Trinajstić information content (AvgIpc) is 3.71. The minimum Gasteiger partial charge on any atom is -0.309 e. The fourth-order valence-electron chi connectivity index (χ4n) is 8.43. The van der Waals surface area contributed by atoms with E-state index in [2.05, 4.69) is 191 Å². The Balaban J connectivity index is 1.14. The Morgan fingerprint density at radius 3 is 1.55 bits per heavy atom. The molecule has 0 bridgehead atoms. The number of hydrogen-bond acceptors (Lipinski definition) is 1. The molecule has 0 aliphatic heterocycles. The first-order valence-electron chi connectivity index (χ1n) is 18.1. The molecule has 9 aromatic rings. The lowest BCUT2D eigenvalue weighted by Crippen LogP contribution is -2.01. The molecule has 0 radical (unpaired) electrons. The van der Waals surface area contributed by atoms with Crippen LogP contribution < -0.4 is 0 Å². The van der Waals surface area contributed by atoms with Gasteiger partial charge in [-0.3, -0.25) is 4.99 Å². The van der Waals surface area contributed by atoms with Gasteiger partial charge in [0.05, 0.1) is 27.9 Å². The van der Waals surface area contributed by atoms with E-state index in [0.29, 0.717) is 0 Å². The predicted molar refractivity (Wildman–Crippen MR) is 225 cm³/mol.